The van der Waals surface area contributed by atoms with E-state index in [1.807, 2.05) is 0 Å². The van der Waals surface area contributed by atoms with E-state index in [9.17, 15) is 0 Å². The molecule has 0 atom stereocenters. The second-order valence-electron chi connectivity index (χ2n) is 4.85. The Hall–Kier alpha value is -0.540. The van der Waals surface area contributed by atoms with E-state index in [1.165, 1.54) is 35.0 Å². The molecule has 0 spiro atoms. The molecule has 0 unspecified atom stereocenters. The van der Waals surface area contributed by atoms with E-state index >= 15 is 0 Å². The predicted octanol–water partition coefficient (Wildman–Crippen LogP) is 3.55. The van der Waals surface area contributed by atoms with Crippen LogP contribution in [0.5, 0.6) is 0 Å². The molecular weight excluding hydrogens is 276 g/mol. The minimum Gasteiger partial charge on any atom is -0.375 e. The fraction of sp³-hybridized carbons (Fsp3) is 0.571. The van der Waals surface area contributed by atoms with Gasteiger partial charge in [0.2, 0.25) is 0 Å². The van der Waals surface area contributed by atoms with Crippen molar-refractivity contribution in [2.24, 2.45) is 0 Å². The quantitative estimate of drug-likeness (QED) is 0.864. The Morgan fingerprint density at radius 1 is 1.41 bits per heavy atom. The third kappa shape index (κ3) is 3.71. The van der Waals surface area contributed by atoms with Crippen LogP contribution in [0.4, 0.5) is 5.69 Å². The third-order valence-corrected chi connectivity index (χ3v) is 3.93. The average molecular weight is 297 g/mol. The van der Waals surface area contributed by atoms with Gasteiger partial charge in [0.15, 0.2) is 0 Å². The molecule has 0 aliphatic heterocycles. The van der Waals surface area contributed by atoms with Crippen LogP contribution >= 0.6 is 15.9 Å². The summed E-state index contributed by atoms with van der Waals surface area (Å²) in [4.78, 5) is 2.29. The van der Waals surface area contributed by atoms with Crippen LogP contribution < -0.4 is 10.2 Å². The van der Waals surface area contributed by atoms with Crippen LogP contribution in [0.25, 0.3) is 0 Å². The van der Waals surface area contributed by atoms with Crippen LogP contribution in [0, 0.1) is 0 Å². The molecule has 0 radical (unpaired) electrons. The highest BCUT2D eigenvalue weighted by atomic mass is 79.9. The van der Waals surface area contributed by atoms with E-state index in [0.29, 0.717) is 0 Å². The van der Waals surface area contributed by atoms with Crippen molar-refractivity contribution >= 4 is 21.6 Å². The Morgan fingerprint density at radius 3 is 2.76 bits per heavy atom. The lowest BCUT2D eigenvalue weighted by Gasteiger charge is -2.19. The van der Waals surface area contributed by atoms with Crippen molar-refractivity contribution in [3.63, 3.8) is 0 Å². The van der Waals surface area contributed by atoms with E-state index in [4.69, 9.17) is 0 Å². The lowest BCUT2D eigenvalue weighted by molar-refractivity contribution is 0.686. The largest absolute Gasteiger partial charge is 0.375 e. The van der Waals surface area contributed by atoms with Crippen molar-refractivity contribution < 1.29 is 0 Å². The summed E-state index contributed by atoms with van der Waals surface area (Å²) in [5.74, 6) is 0. The van der Waals surface area contributed by atoms with Gasteiger partial charge < -0.3 is 10.2 Å². The molecule has 1 fully saturated rings. The highest BCUT2D eigenvalue weighted by Gasteiger charge is 2.20. The molecule has 17 heavy (non-hydrogen) atoms. The van der Waals surface area contributed by atoms with Gasteiger partial charge in [-0.05, 0) is 37.0 Å². The Morgan fingerprint density at radius 2 is 2.18 bits per heavy atom. The van der Waals surface area contributed by atoms with E-state index in [-0.39, 0.29) is 0 Å². The molecule has 0 bridgehead atoms. The summed E-state index contributed by atoms with van der Waals surface area (Å²) in [5, 5.41) is 3.54. The zero-order valence-electron chi connectivity index (χ0n) is 10.7. The molecule has 1 aromatic rings. The zero-order chi connectivity index (χ0) is 12.3. The first-order chi connectivity index (χ1) is 8.20. The van der Waals surface area contributed by atoms with E-state index in [0.717, 1.165) is 19.1 Å². The number of anilines is 1. The summed E-state index contributed by atoms with van der Waals surface area (Å²) in [7, 11) is 2.15. The molecule has 0 saturated heterocycles. The van der Waals surface area contributed by atoms with Gasteiger partial charge in [-0.2, -0.15) is 0 Å². The predicted molar refractivity (Wildman–Crippen MR) is 77.6 cm³/mol. The van der Waals surface area contributed by atoms with Crippen LogP contribution in [0.2, 0.25) is 0 Å². The molecule has 1 aliphatic carbocycles. The lowest BCUT2D eigenvalue weighted by Crippen LogP contribution is -2.18. The maximum absolute atomic E-state index is 3.67. The van der Waals surface area contributed by atoms with Gasteiger partial charge >= 0.3 is 0 Å². The first-order valence-electron chi connectivity index (χ1n) is 6.43. The molecule has 3 heteroatoms. The summed E-state index contributed by atoms with van der Waals surface area (Å²) in [5.41, 5.74) is 2.64. The monoisotopic (exact) mass is 296 g/mol. The molecule has 1 saturated carbocycles. The van der Waals surface area contributed by atoms with Crippen molar-refractivity contribution in [3.05, 3.63) is 28.2 Å². The maximum Gasteiger partial charge on any atom is 0.0375 e. The first kappa shape index (κ1) is 12.9. The Bertz CT molecular complexity index is 374. The highest BCUT2D eigenvalue weighted by Crippen LogP contribution is 2.25. The van der Waals surface area contributed by atoms with Crippen LogP contribution in [-0.2, 0) is 6.54 Å². The number of nitrogens with one attached hydrogen (secondary N) is 1. The second kappa shape index (κ2) is 5.87. The van der Waals surface area contributed by atoms with Crippen molar-refractivity contribution in [2.75, 3.05) is 18.5 Å². The van der Waals surface area contributed by atoms with Crippen LogP contribution in [0.1, 0.15) is 31.7 Å². The average Bonchev–Trinajstić information content (AvgIpc) is 3.11. The van der Waals surface area contributed by atoms with Crippen LogP contribution in [0.3, 0.4) is 0 Å². The Labute approximate surface area is 113 Å². The molecule has 2 rings (SSSR count). The molecule has 0 heterocycles. The van der Waals surface area contributed by atoms with Crippen LogP contribution in [0.15, 0.2) is 22.7 Å². The van der Waals surface area contributed by atoms with Crippen molar-refractivity contribution in [1.29, 1.82) is 0 Å². The number of rotatable bonds is 6. The van der Waals surface area contributed by atoms with Gasteiger partial charge in [0, 0.05) is 36.3 Å². The number of halogens is 1. The molecule has 0 aromatic heterocycles. The minimum absolute atomic E-state index is 0.768. The highest BCUT2D eigenvalue weighted by molar-refractivity contribution is 9.10. The first-order valence-corrected chi connectivity index (χ1v) is 7.23. The molecular formula is C14H21BrN2. The number of hydrogen-bond acceptors (Lipinski definition) is 2. The minimum atomic E-state index is 0.768. The molecule has 1 N–H and O–H groups in total. The fourth-order valence-corrected chi connectivity index (χ4v) is 2.43. The second-order valence-corrected chi connectivity index (χ2v) is 5.71. The maximum atomic E-state index is 3.67. The molecule has 1 aliphatic rings. The molecule has 94 valence electrons. The van der Waals surface area contributed by atoms with Gasteiger partial charge in [0.1, 0.15) is 0 Å². The fourth-order valence-electron chi connectivity index (χ4n) is 1.92. The topological polar surface area (TPSA) is 15.3 Å². The Balaban J connectivity index is 1.99. The summed E-state index contributed by atoms with van der Waals surface area (Å²) in [6.07, 6.45) is 3.86. The van der Waals surface area contributed by atoms with E-state index < -0.39 is 0 Å². The van der Waals surface area contributed by atoms with Crippen molar-refractivity contribution in [1.82, 2.24) is 5.32 Å². The summed E-state index contributed by atoms with van der Waals surface area (Å²) in [6, 6.07) is 7.43. The zero-order valence-corrected chi connectivity index (χ0v) is 12.3. The normalized spacial score (nSPS) is 15.0. The Kier molecular flexibility index (Phi) is 4.46. The SMILES string of the molecule is CCCN(C)c1ccc(CNC2CC2)c(Br)c1. The third-order valence-electron chi connectivity index (χ3n) is 3.19. The van der Waals surface area contributed by atoms with E-state index in [2.05, 4.69) is 58.3 Å². The van der Waals surface area contributed by atoms with Gasteiger partial charge in [-0.25, -0.2) is 0 Å². The van der Waals surface area contributed by atoms with Gasteiger partial charge in [-0.3, -0.25) is 0 Å². The lowest BCUT2D eigenvalue weighted by atomic mass is 10.2. The van der Waals surface area contributed by atoms with Gasteiger partial charge in [-0.1, -0.05) is 28.9 Å². The molecule has 2 nitrogen and oxygen atoms in total. The van der Waals surface area contributed by atoms with Crippen molar-refractivity contribution in [3.8, 4) is 0 Å². The van der Waals surface area contributed by atoms with Gasteiger partial charge in [0.05, 0.1) is 0 Å². The standard InChI is InChI=1S/C14H21BrN2/c1-3-8-17(2)13-7-4-11(14(15)9-13)10-16-12-5-6-12/h4,7,9,12,16H,3,5-6,8,10H2,1-2H3. The van der Waals surface area contributed by atoms with Gasteiger partial charge in [-0.15, -0.1) is 0 Å². The summed E-state index contributed by atoms with van der Waals surface area (Å²) >= 11 is 3.67. The number of nitrogens with zero attached hydrogens (tertiary/aromatic N) is 1. The number of benzene rings is 1. The smallest absolute Gasteiger partial charge is 0.0375 e. The summed E-state index contributed by atoms with van der Waals surface area (Å²) < 4.78 is 1.21. The van der Waals surface area contributed by atoms with E-state index in [1.54, 1.807) is 0 Å². The molecule has 1 aromatic carbocycles. The number of hydrogen-bond donors (Lipinski definition) is 1. The summed E-state index contributed by atoms with van der Waals surface area (Å²) in [6.45, 7) is 4.29. The van der Waals surface area contributed by atoms with Crippen LogP contribution in [-0.4, -0.2) is 19.6 Å². The molecule has 0 amide bonds. The van der Waals surface area contributed by atoms with Crippen molar-refractivity contribution in [2.45, 2.75) is 38.8 Å². The van der Waals surface area contributed by atoms with Gasteiger partial charge in [0.25, 0.3) is 0 Å².